The fourth-order valence-electron chi connectivity index (χ4n) is 9.40. The molecule has 0 spiro atoms. The summed E-state index contributed by atoms with van der Waals surface area (Å²) in [5.41, 5.74) is 14.4. The first-order chi connectivity index (χ1) is 32.5. The van der Waals surface area contributed by atoms with Crippen molar-refractivity contribution in [1.82, 2.24) is 19.5 Å². The second-order valence-corrected chi connectivity index (χ2v) is 19.0. The Morgan fingerprint density at radius 1 is 0.559 bits per heavy atom. The smallest absolute Gasteiger partial charge is 0.136 e. The molecule has 0 saturated heterocycles. The molecule has 4 aromatic heterocycles. The maximum Gasteiger partial charge on any atom is 0.136 e. The monoisotopic (exact) mass is 1060 g/mol. The van der Waals surface area contributed by atoms with Gasteiger partial charge >= 0.3 is 0 Å². The zero-order chi connectivity index (χ0) is 46.0. The fraction of sp³-hybridized carbons (Fsp3) is 0.164. The van der Waals surface area contributed by atoms with E-state index in [1.807, 2.05) is 60.8 Å². The summed E-state index contributed by atoms with van der Waals surface area (Å²) in [7, 11) is 0. The molecule has 0 aliphatic carbocycles. The Morgan fingerprint density at radius 2 is 1.24 bits per heavy atom. The van der Waals surface area contributed by atoms with E-state index in [-0.39, 0.29) is 37.4 Å². The Balaban J connectivity index is 0.000000270. The molecule has 337 valence electrons. The van der Waals surface area contributed by atoms with E-state index in [1.165, 1.54) is 33.3 Å². The van der Waals surface area contributed by atoms with Crippen LogP contribution in [0.5, 0.6) is 0 Å². The first-order valence-corrected chi connectivity index (χ1v) is 23.1. The number of furan rings is 2. The summed E-state index contributed by atoms with van der Waals surface area (Å²) < 4.78 is 15.6. The van der Waals surface area contributed by atoms with Crippen LogP contribution >= 0.6 is 0 Å². The van der Waals surface area contributed by atoms with Gasteiger partial charge in [0.25, 0.3) is 0 Å². The normalized spacial score (nSPS) is 11.9. The maximum absolute atomic E-state index is 6.84. The van der Waals surface area contributed by atoms with Crippen LogP contribution in [0.4, 0.5) is 0 Å². The van der Waals surface area contributed by atoms with Gasteiger partial charge in [-0.3, -0.25) is 15.0 Å². The molecule has 0 fully saturated rings. The third-order valence-corrected chi connectivity index (χ3v) is 12.8. The molecule has 0 bridgehead atoms. The van der Waals surface area contributed by atoms with Gasteiger partial charge in [-0.1, -0.05) is 138 Å². The number of imidazole rings is 1. The van der Waals surface area contributed by atoms with E-state index in [1.54, 1.807) is 0 Å². The largest absolute Gasteiger partial charge is 0.501 e. The molecule has 7 heteroatoms. The molecule has 0 saturated carbocycles. The molecule has 0 atom stereocenters. The van der Waals surface area contributed by atoms with Crippen LogP contribution in [0, 0.1) is 12.1 Å². The van der Waals surface area contributed by atoms with Crippen molar-refractivity contribution in [1.29, 1.82) is 0 Å². The molecule has 0 aliphatic heterocycles. The minimum Gasteiger partial charge on any atom is -0.501 e. The van der Waals surface area contributed by atoms with Crippen molar-refractivity contribution < 1.29 is 28.9 Å². The molecule has 12 aromatic rings. The van der Waals surface area contributed by atoms with Crippen LogP contribution in [0.15, 0.2) is 173 Å². The summed E-state index contributed by atoms with van der Waals surface area (Å²) in [5, 5.41) is 6.49. The molecule has 12 rings (SSSR count). The number of hydrogen-bond donors (Lipinski definition) is 0. The number of hydrogen-bond acceptors (Lipinski definition) is 5. The Hall–Kier alpha value is -7.18. The summed E-state index contributed by atoms with van der Waals surface area (Å²) >= 11 is 0. The van der Waals surface area contributed by atoms with Crippen molar-refractivity contribution in [3.8, 4) is 39.6 Å². The van der Waals surface area contributed by atoms with Crippen LogP contribution in [-0.2, 0) is 25.5 Å². The van der Waals surface area contributed by atoms with Gasteiger partial charge in [-0.15, -0.1) is 54.1 Å². The van der Waals surface area contributed by atoms with E-state index in [0.29, 0.717) is 0 Å². The molecule has 0 amide bonds. The molecular formula is C61H50IrN4O2-2. The third kappa shape index (κ3) is 7.89. The molecule has 0 aliphatic rings. The van der Waals surface area contributed by atoms with Crippen LogP contribution in [-0.4, -0.2) is 19.5 Å². The van der Waals surface area contributed by atoms with E-state index in [0.717, 1.165) is 88.8 Å². The van der Waals surface area contributed by atoms with Gasteiger partial charge in [-0.25, -0.2) is 0 Å². The van der Waals surface area contributed by atoms with Crippen molar-refractivity contribution in [3.05, 3.63) is 193 Å². The van der Waals surface area contributed by atoms with Gasteiger partial charge in [0.2, 0.25) is 0 Å². The first kappa shape index (κ1) is 44.6. The number of nitrogens with zero attached hydrogens (tertiary/aromatic N) is 4. The number of benzene rings is 8. The predicted octanol–water partition coefficient (Wildman–Crippen LogP) is 16.6. The van der Waals surface area contributed by atoms with Gasteiger partial charge in [-0.05, 0) is 81.9 Å². The van der Waals surface area contributed by atoms with Crippen molar-refractivity contribution in [2.75, 3.05) is 0 Å². The summed E-state index contributed by atoms with van der Waals surface area (Å²) in [6, 6.07) is 61.4. The van der Waals surface area contributed by atoms with Crippen molar-refractivity contribution in [2.24, 2.45) is 0 Å². The number of rotatable bonds is 6. The van der Waals surface area contributed by atoms with Crippen molar-refractivity contribution in [3.63, 3.8) is 0 Å². The number of aromatic nitrogens is 4. The molecular weight excluding hydrogens is 1010 g/mol. The molecule has 68 heavy (non-hydrogen) atoms. The molecule has 0 unspecified atom stereocenters. The van der Waals surface area contributed by atoms with Gasteiger partial charge < -0.3 is 13.4 Å². The Morgan fingerprint density at radius 3 is 1.96 bits per heavy atom. The Kier molecular flexibility index (Phi) is 11.7. The molecule has 6 nitrogen and oxygen atoms in total. The van der Waals surface area contributed by atoms with Crippen LogP contribution in [0.25, 0.3) is 105 Å². The van der Waals surface area contributed by atoms with E-state index in [9.17, 15) is 0 Å². The number of para-hydroxylation sites is 1. The Labute approximate surface area is 410 Å². The van der Waals surface area contributed by atoms with E-state index in [2.05, 4.69) is 178 Å². The average Bonchev–Trinajstić information content (AvgIpc) is 4.04. The van der Waals surface area contributed by atoms with Gasteiger partial charge in [-0.2, -0.15) is 0 Å². The first-order valence-electron chi connectivity index (χ1n) is 23.1. The minimum atomic E-state index is 0. The summed E-state index contributed by atoms with van der Waals surface area (Å²) in [6.45, 7) is 15.6. The van der Waals surface area contributed by atoms with Gasteiger partial charge in [0.05, 0.1) is 28.3 Å². The van der Waals surface area contributed by atoms with E-state index >= 15 is 0 Å². The third-order valence-electron chi connectivity index (χ3n) is 12.8. The second kappa shape index (κ2) is 17.8. The molecule has 0 N–H and O–H groups in total. The SMILES string of the molecule is CC(C)(C)c1ccnc(-c2[c-]cccc2)n1.CC(C)c1cc(-c2ccccc2)cc(C(C)C)c1-n1c(-c2[c-]ccc3c2oc2cc4c(cc23)oc2ccccc24)nc2ccc3ccccc3c21.[Ir]. The fourth-order valence-corrected chi connectivity index (χ4v) is 9.40. The Bertz CT molecular complexity index is 3770. The van der Waals surface area contributed by atoms with Gasteiger partial charge in [0.1, 0.15) is 16.7 Å². The summed E-state index contributed by atoms with van der Waals surface area (Å²) in [6.07, 6.45) is 1.81. The van der Waals surface area contributed by atoms with Crippen LogP contribution in [0.2, 0.25) is 0 Å². The zero-order valence-electron chi connectivity index (χ0n) is 39.2. The zero-order valence-corrected chi connectivity index (χ0v) is 41.6. The van der Waals surface area contributed by atoms with Crippen LogP contribution in [0.1, 0.15) is 77.1 Å². The maximum atomic E-state index is 6.84. The van der Waals surface area contributed by atoms with Crippen molar-refractivity contribution >= 4 is 65.7 Å². The topological polar surface area (TPSA) is 69.9 Å². The predicted molar refractivity (Wildman–Crippen MR) is 276 cm³/mol. The second-order valence-electron chi connectivity index (χ2n) is 19.0. The van der Waals surface area contributed by atoms with Crippen LogP contribution in [0.3, 0.4) is 0 Å². The average molecular weight is 1060 g/mol. The van der Waals surface area contributed by atoms with E-state index in [4.69, 9.17) is 13.8 Å². The molecule has 4 heterocycles. The molecule has 8 aromatic carbocycles. The minimum absolute atomic E-state index is 0. The summed E-state index contributed by atoms with van der Waals surface area (Å²) in [5.74, 6) is 2.06. The van der Waals surface area contributed by atoms with E-state index < -0.39 is 0 Å². The van der Waals surface area contributed by atoms with Gasteiger partial charge in [0, 0.05) is 64.6 Å². The van der Waals surface area contributed by atoms with Crippen LogP contribution < -0.4 is 0 Å². The quantitative estimate of drug-likeness (QED) is 0.155. The van der Waals surface area contributed by atoms with Crippen molar-refractivity contribution in [2.45, 2.75) is 65.7 Å². The molecule has 1 radical (unpaired) electrons. The van der Waals surface area contributed by atoms with Gasteiger partial charge in [0.15, 0.2) is 0 Å². The summed E-state index contributed by atoms with van der Waals surface area (Å²) in [4.78, 5) is 14.3. The number of fused-ring (bicyclic) bond motifs is 9. The standard InChI is InChI=1S/C47H35N2O2.C14H15N2.Ir/c1-27(2)36-23-31(29-13-6-5-7-14-29)24-37(28(3)4)44(36)49-45-32-16-9-8-15-30(32)21-22-40(45)48-47(49)35-19-12-18-34-39-26-42-38(25-43(39)51-46(34)35)33-17-10-11-20-41(33)50-42;1-14(2,3)12-9-10-15-13(16-12)11-7-5-4-6-8-11;/h5-18,20-28H,1-4H3;4-7,9-10H,1-3H3;/q2*-1;.